The lowest BCUT2D eigenvalue weighted by atomic mass is 9.99. The van der Waals surface area contributed by atoms with Gasteiger partial charge in [0.25, 0.3) is 0 Å². The second-order valence-corrected chi connectivity index (χ2v) is 5.53. The zero-order chi connectivity index (χ0) is 15.0. The average molecular weight is 303 g/mol. The van der Waals surface area contributed by atoms with Crippen LogP contribution in [0.15, 0.2) is 51.7 Å². The Morgan fingerprint density at radius 2 is 1.95 bits per heavy atom. The molecule has 1 aromatic heterocycles. The summed E-state index contributed by atoms with van der Waals surface area (Å²) in [6, 6.07) is 13.1. The van der Waals surface area contributed by atoms with Crippen LogP contribution in [-0.2, 0) is 13.5 Å². The first kappa shape index (κ1) is 13.9. The molecule has 0 aliphatic rings. The first-order valence-corrected chi connectivity index (χ1v) is 7.02. The van der Waals surface area contributed by atoms with Crippen molar-refractivity contribution in [3.05, 3.63) is 69.2 Å². The number of nitrogens with zero attached hydrogens (tertiary/aromatic N) is 1. The van der Waals surface area contributed by atoms with Gasteiger partial charge < -0.3 is 10.2 Å². The molecule has 1 heterocycles. The van der Waals surface area contributed by atoms with Crippen molar-refractivity contribution >= 4 is 22.7 Å². The number of oxazole rings is 1. The van der Waals surface area contributed by atoms with Gasteiger partial charge in [0.2, 0.25) is 0 Å². The molecule has 0 saturated heterocycles. The molecule has 1 unspecified atom stereocenters. The molecule has 1 atom stereocenters. The Kier molecular flexibility index (Phi) is 3.57. The number of aromatic nitrogens is 1. The molecule has 2 N–H and O–H groups in total. The summed E-state index contributed by atoms with van der Waals surface area (Å²) in [6.45, 7) is 0. The Morgan fingerprint density at radius 1 is 1.24 bits per heavy atom. The summed E-state index contributed by atoms with van der Waals surface area (Å²) in [5.41, 5.74) is 9.62. The van der Waals surface area contributed by atoms with Crippen molar-refractivity contribution in [1.29, 1.82) is 0 Å². The molecule has 21 heavy (non-hydrogen) atoms. The molecule has 0 aliphatic heterocycles. The Bertz CT molecular complexity index is 834. The highest BCUT2D eigenvalue weighted by Crippen LogP contribution is 2.21. The molecule has 3 aromatic rings. The summed E-state index contributed by atoms with van der Waals surface area (Å²) in [5.74, 6) is -0.367. The highest BCUT2D eigenvalue weighted by atomic mass is 35.5. The lowest BCUT2D eigenvalue weighted by Gasteiger charge is -2.12. The summed E-state index contributed by atoms with van der Waals surface area (Å²) in [5, 5.41) is 0.708. The number of rotatable bonds is 3. The number of benzene rings is 2. The average Bonchev–Trinajstić information content (AvgIpc) is 2.76. The van der Waals surface area contributed by atoms with Gasteiger partial charge in [-0.25, -0.2) is 4.79 Å². The second-order valence-electron chi connectivity index (χ2n) is 5.09. The van der Waals surface area contributed by atoms with Crippen molar-refractivity contribution in [2.45, 2.75) is 12.5 Å². The van der Waals surface area contributed by atoms with Crippen LogP contribution in [-0.4, -0.2) is 4.57 Å². The van der Waals surface area contributed by atoms with E-state index in [-0.39, 0.29) is 11.8 Å². The fourth-order valence-electron chi connectivity index (χ4n) is 2.37. The number of hydrogen-bond donors (Lipinski definition) is 1. The number of aryl methyl sites for hydroxylation is 1. The highest BCUT2D eigenvalue weighted by Gasteiger charge is 2.11. The van der Waals surface area contributed by atoms with Crippen LogP contribution in [0.2, 0.25) is 5.02 Å². The molecule has 108 valence electrons. The molecule has 4 nitrogen and oxygen atoms in total. The van der Waals surface area contributed by atoms with Gasteiger partial charge in [-0.15, -0.1) is 0 Å². The van der Waals surface area contributed by atoms with Crippen LogP contribution in [0.4, 0.5) is 0 Å². The van der Waals surface area contributed by atoms with Crippen LogP contribution in [0.5, 0.6) is 0 Å². The zero-order valence-electron chi connectivity index (χ0n) is 11.5. The van der Waals surface area contributed by atoms with Crippen LogP contribution in [0, 0.1) is 0 Å². The summed E-state index contributed by atoms with van der Waals surface area (Å²) < 4.78 is 6.67. The fraction of sp³-hybridized carbons (Fsp3) is 0.188. The lowest BCUT2D eigenvalue weighted by Crippen LogP contribution is -2.13. The van der Waals surface area contributed by atoms with Crippen LogP contribution in [0.1, 0.15) is 17.2 Å². The van der Waals surface area contributed by atoms with E-state index < -0.39 is 0 Å². The van der Waals surface area contributed by atoms with Crippen molar-refractivity contribution in [3.63, 3.8) is 0 Å². The molecule has 0 aliphatic carbocycles. The van der Waals surface area contributed by atoms with Crippen LogP contribution < -0.4 is 11.5 Å². The Balaban J connectivity index is 1.89. The van der Waals surface area contributed by atoms with Gasteiger partial charge in [-0.1, -0.05) is 29.8 Å². The monoisotopic (exact) mass is 302 g/mol. The number of fused-ring (bicyclic) bond motifs is 1. The molecule has 2 aromatic carbocycles. The molecular formula is C16H15ClN2O2. The predicted octanol–water partition coefficient (Wildman–Crippen LogP) is 3.03. The van der Waals surface area contributed by atoms with Crippen LogP contribution >= 0.6 is 11.6 Å². The van der Waals surface area contributed by atoms with Crippen molar-refractivity contribution in [2.24, 2.45) is 12.8 Å². The summed E-state index contributed by atoms with van der Waals surface area (Å²) in [4.78, 5) is 11.5. The Labute approximate surface area is 126 Å². The minimum atomic E-state index is -0.367. The van der Waals surface area contributed by atoms with E-state index in [1.165, 1.54) is 4.57 Å². The van der Waals surface area contributed by atoms with Gasteiger partial charge in [0.05, 0.1) is 5.52 Å². The van der Waals surface area contributed by atoms with E-state index in [0.717, 1.165) is 16.6 Å². The molecule has 5 heteroatoms. The second kappa shape index (κ2) is 5.39. The van der Waals surface area contributed by atoms with Gasteiger partial charge in [0.1, 0.15) is 0 Å². The predicted molar refractivity (Wildman–Crippen MR) is 83.5 cm³/mol. The third kappa shape index (κ3) is 2.73. The van der Waals surface area contributed by atoms with Gasteiger partial charge in [0, 0.05) is 18.1 Å². The smallest absolute Gasteiger partial charge is 0.408 e. The van der Waals surface area contributed by atoms with Gasteiger partial charge in [0.15, 0.2) is 5.58 Å². The summed E-state index contributed by atoms with van der Waals surface area (Å²) in [6.07, 6.45) is 0.694. The van der Waals surface area contributed by atoms with Gasteiger partial charge in [-0.2, -0.15) is 0 Å². The summed E-state index contributed by atoms with van der Waals surface area (Å²) in [7, 11) is 1.68. The van der Waals surface area contributed by atoms with E-state index in [9.17, 15) is 4.79 Å². The van der Waals surface area contributed by atoms with E-state index >= 15 is 0 Å². The fourth-order valence-corrected chi connectivity index (χ4v) is 2.50. The molecule has 0 bridgehead atoms. The molecule has 0 saturated carbocycles. The molecule has 0 amide bonds. The summed E-state index contributed by atoms with van der Waals surface area (Å²) >= 11 is 5.87. The first-order valence-electron chi connectivity index (χ1n) is 6.64. The third-order valence-corrected chi connectivity index (χ3v) is 3.87. The lowest BCUT2D eigenvalue weighted by molar-refractivity contribution is 0.527. The minimum absolute atomic E-state index is 0.166. The molecular weight excluding hydrogens is 288 g/mol. The number of nitrogens with two attached hydrogens (primary N) is 1. The van der Waals surface area contributed by atoms with Crippen molar-refractivity contribution in [2.75, 3.05) is 0 Å². The van der Waals surface area contributed by atoms with E-state index in [1.807, 2.05) is 42.5 Å². The van der Waals surface area contributed by atoms with E-state index in [4.69, 9.17) is 21.8 Å². The SMILES string of the molecule is Cn1c(=O)oc2cc(C(N)Cc3ccc(Cl)cc3)ccc21. The molecule has 3 rings (SSSR count). The van der Waals surface area contributed by atoms with E-state index in [0.29, 0.717) is 17.0 Å². The maximum atomic E-state index is 11.5. The normalized spacial score (nSPS) is 12.7. The topological polar surface area (TPSA) is 61.2 Å². The maximum Gasteiger partial charge on any atom is 0.419 e. The molecule has 0 radical (unpaired) electrons. The molecule has 0 fully saturated rings. The van der Waals surface area contributed by atoms with Crippen molar-refractivity contribution in [1.82, 2.24) is 4.57 Å². The van der Waals surface area contributed by atoms with Crippen LogP contribution in [0.25, 0.3) is 11.1 Å². The van der Waals surface area contributed by atoms with Gasteiger partial charge >= 0.3 is 5.76 Å². The van der Waals surface area contributed by atoms with Crippen molar-refractivity contribution < 1.29 is 4.42 Å². The van der Waals surface area contributed by atoms with Gasteiger partial charge in [-0.3, -0.25) is 4.57 Å². The number of hydrogen-bond acceptors (Lipinski definition) is 3. The maximum absolute atomic E-state index is 11.5. The van der Waals surface area contributed by atoms with Crippen molar-refractivity contribution in [3.8, 4) is 0 Å². The largest absolute Gasteiger partial charge is 0.419 e. The quantitative estimate of drug-likeness (QED) is 0.809. The number of halogens is 1. The van der Waals surface area contributed by atoms with E-state index in [2.05, 4.69) is 0 Å². The van der Waals surface area contributed by atoms with E-state index in [1.54, 1.807) is 7.05 Å². The standard InChI is InChI=1S/C16H15ClN2O2/c1-19-14-7-4-11(9-15(14)21-16(19)20)13(18)8-10-2-5-12(17)6-3-10/h2-7,9,13H,8,18H2,1H3. The van der Waals surface area contributed by atoms with Gasteiger partial charge in [-0.05, 0) is 41.8 Å². The molecule has 0 spiro atoms. The minimum Gasteiger partial charge on any atom is -0.408 e. The van der Waals surface area contributed by atoms with Crippen LogP contribution in [0.3, 0.4) is 0 Å². The third-order valence-electron chi connectivity index (χ3n) is 3.61. The Hall–Kier alpha value is -2.04. The Morgan fingerprint density at radius 3 is 2.67 bits per heavy atom. The zero-order valence-corrected chi connectivity index (χ0v) is 12.3. The first-order chi connectivity index (χ1) is 10.0. The highest BCUT2D eigenvalue weighted by molar-refractivity contribution is 6.30.